The first-order valence-electron chi connectivity index (χ1n) is 4.57. The van der Waals surface area contributed by atoms with E-state index in [1.807, 2.05) is 14.1 Å². The van der Waals surface area contributed by atoms with E-state index >= 15 is 0 Å². The standard InChI is InChI=1S/C10H15FN2O/c1-13(2)6-3-7-14-9-4-5-10(11)12-8-9/h4-5,8H,3,6-7H2,1-2H3. The van der Waals surface area contributed by atoms with Crippen LogP contribution in [0.3, 0.4) is 0 Å². The van der Waals surface area contributed by atoms with Gasteiger partial charge in [-0.2, -0.15) is 4.39 Å². The highest BCUT2D eigenvalue weighted by molar-refractivity contribution is 5.15. The summed E-state index contributed by atoms with van der Waals surface area (Å²) in [6, 6.07) is 2.87. The van der Waals surface area contributed by atoms with Crippen LogP contribution in [0.25, 0.3) is 0 Å². The topological polar surface area (TPSA) is 25.4 Å². The average Bonchev–Trinajstić information content (AvgIpc) is 2.15. The van der Waals surface area contributed by atoms with Crippen LogP contribution in [0.15, 0.2) is 18.3 Å². The number of hydrogen-bond acceptors (Lipinski definition) is 3. The number of hydrogen-bond donors (Lipinski definition) is 0. The molecule has 1 rings (SSSR count). The third-order valence-electron chi connectivity index (χ3n) is 1.72. The van der Waals surface area contributed by atoms with Gasteiger partial charge in [0.05, 0.1) is 12.8 Å². The van der Waals surface area contributed by atoms with E-state index in [-0.39, 0.29) is 0 Å². The second kappa shape index (κ2) is 5.54. The van der Waals surface area contributed by atoms with Crippen LogP contribution >= 0.6 is 0 Å². The largest absolute Gasteiger partial charge is 0.492 e. The van der Waals surface area contributed by atoms with Gasteiger partial charge in [-0.25, -0.2) is 4.98 Å². The summed E-state index contributed by atoms with van der Waals surface area (Å²) in [5.74, 6) is 0.135. The third-order valence-corrected chi connectivity index (χ3v) is 1.72. The van der Waals surface area contributed by atoms with E-state index in [4.69, 9.17) is 4.74 Å². The summed E-state index contributed by atoms with van der Waals surface area (Å²) in [5.41, 5.74) is 0. The van der Waals surface area contributed by atoms with Crippen molar-refractivity contribution in [2.75, 3.05) is 27.2 Å². The molecule has 0 N–H and O–H groups in total. The van der Waals surface area contributed by atoms with Crippen molar-refractivity contribution in [3.8, 4) is 5.75 Å². The zero-order valence-electron chi connectivity index (χ0n) is 8.53. The van der Waals surface area contributed by atoms with Crippen LogP contribution in [0.2, 0.25) is 0 Å². The molecule has 0 fully saturated rings. The maximum absolute atomic E-state index is 12.4. The van der Waals surface area contributed by atoms with Crippen LogP contribution in [0, 0.1) is 5.95 Å². The molecule has 1 aromatic heterocycles. The highest BCUT2D eigenvalue weighted by Crippen LogP contribution is 2.08. The fourth-order valence-electron chi connectivity index (χ4n) is 1.02. The number of halogens is 1. The Morgan fingerprint density at radius 1 is 1.43 bits per heavy atom. The van der Waals surface area contributed by atoms with E-state index in [0.29, 0.717) is 12.4 Å². The fraction of sp³-hybridized carbons (Fsp3) is 0.500. The second-order valence-electron chi connectivity index (χ2n) is 3.32. The van der Waals surface area contributed by atoms with Crippen LogP contribution in [0.5, 0.6) is 5.75 Å². The number of nitrogens with zero attached hydrogens (tertiary/aromatic N) is 2. The van der Waals surface area contributed by atoms with Crippen molar-refractivity contribution in [2.24, 2.45) is 0 Å². The van der Waals surface area contributed by atoms with Crippen molar-refractivity contribution in [3.63, 3.8) is 0 Å². The Balaban J connectivity index is 2.21. The van der Waals surface area contributed by atoms with Crippen LogP contribution in [0.4, 0.5) is 4.39 Å². The van der Waals surface area contributed by atoms with Gasteiger partial charge in [0.15, 0.2) is 0 Å². The number of ether oxygens (including phenoxy) is 1. The molecule has 0 aliphatic carbocycles. The van der Waals surface area contributed by atoms with Gasteiger partial charge in [-0.15, -0.1) is 0 Å². The summed E-state index contributed by atoms with van der Waals surface area (Å²) in [4.78, 5) is 5.58. The zero-order chi connectivity index (χ0) is 10.4. The SMILES string of the molecule is CN(C)CCCOc1ccc(F)nc1. The number of aromatic nitrogens is 1. The molecule has 0 aliphatic heterocycles. The Bertz CT molecular complexity index is 261. The first-order chi connectivity index (χ1) is 6.68. The van der Waals surface area contributed by atoms with Crippen molar-refractivity contribution >= 4 is 0 Å². The predicted octanol–water partition coefficient (Wildman–Crippen LogP) is 1.55. The highest BCUT2D eigenvalue weighted by Gasteiger charge is 1.95. The lowest BCUT2D eigenvalue weighted by molar-refractivity contribution is 0.280. The molecular formula is C10H15FN2O. The molecule has 0 unspecified atom stereocenters. The molecule has 0 bridgehead atoms. The van der Waals surface area contributed by atoms with Crippen LogP contribution in [-0.4, -0.2) is 37.1 Å². The summed E-state index contributed by atoms with van der Waals surface area (Å²) >= 11 is 0. The molecule has 3 nitrogen and oxygen atoms in total. The zero-order valence-corrected chi connectivity index (χ0v) is 8.53. The first kappa shape index (κ1) is 10.9. The van der Waals surface area contributed by atoms with Gasteiger partial charge in [0.1, 0.15) is 5.75 Å². The van der Waals surface area contributed by atoms with E-state index in [1.54, 1.807) is 6.07 Å². The summed E-state index contributed by atoms with van der Waals surface area (Å²) in [5, 5.41) is 0. The van der Waals surface area contributed by atoms with Gasteiger partial charge in [-0.3, -0.25) is 0 Å². The van der Waals surface area contributed by atoms with Crippen LogP contribution in [-0.2, 0) is 0 Å². The van der Waals surface area contributed by atoms with E-state index in [0.717, 1.165) is 13.0 Å². The van der Waals surface area contributed by atoms with E-state index in [1.165, 1.54) is 12.3 Å². The van der Waals surface area contributed by atoms with Crippen molar-refractivity contribution < 1.29 is 9.13 Å². The van der Waals surface area contributed by atoms with Gasteiger partial charge in [-0.05, 0) is 32.6 Å². The fourth-order valence-corrected chi connectivity index (χ4v) is 1.02. The van der Waals surface area contributed by atoms with Gasteiger partial charge in [0.2, 0.25) is 5.95 Å². The lowest BCUT2D eigenvalue weighted by Crippen LogP contribution is -2.15. The van der Waals surface area contributed by atoms with Crippen molar-refractivity contribution in [1.29, 1.82) is 0 Å². The third kappa shape index (κ3) is 4.18. The van der Waals surface area contributed by atoms with Gasteiger partial charge < -0.3 is 9.64 Å². The lowest BCUT2D eigenvalue weighted by atomic mass is 10.4. The normalized spacial score (nSPS) is 10.6. The van der Waals surface area contributed by atoms with Crippen LogP contribution in [0.1, 0.15) is 6.42 Å². The Labute approximate surface area is 83.5 Å². The molecule has 0 aliphatic rings. The molecule has 0 spiro atoms. The van der Waals surface area contributed by atoms with Gasteiger partial charge in [0.25, 0.3) is 0 Å². The van der Waals surface area contributed by atoms with E-state index in [2.05, 4.69) is 9.88 Å². The second-order valence-corrected chi connectivity index (χ2v) is 3.32. The van der Waals surface area contributed by atoms with Crippen molar-refractivity contribution in [1.82, 2.24) is 9.88 Å². The maximum Gasteiger partial charge on any atom is 0.213 e. The van der Waals surface area contributed by atoms with Crippen molar-refractivity contribution in [2.45, 2.75) is 6.42 Å². The quantitative estimate of drug-likeness (QED) is 0.530. The Morgan fingerprint density at radius 3 is 2.79 bits per heavy atom. The molecule has 0 saturated heterocycles. The predicted molar refractivity (Wildman–Crippen MR) is 52.9 cm³/mol. The van der Waals surface area contributed by atoms with E-state index < -0.39 is 5.95 Å². The minimum atomic E-state index is -0.481. The van der Waals surface area contributed by atoms with E-state index in [9.17, 15) is 4.39 Å². The Morgan fingerprint density at radius 2 is 2.21 bits per heavy atom. The molecule has 1 aromatic rings. The van der Waals surface area contributed by atoms with Gasteiger partial charge in [0, 0.05) is 6.54 Å². The summed E-state index contributed by atoms with van der Waals surface area (Å²) < 4.78 is 17.8. The smallest absolute Gasteiger partial charge is 0.213 e. The molecule has 4 heteroatoms. The lowest BCUT2D eigenvalue weighted by Gasteiger charge is -2.09. The molecular weight excluding hydrogens is 183 g/mol. The molecule has 0 radical (unpaired) electrons. The Kier molecular flexibility index (Phi) is 4.32. The first-order valence-corrected chi connectivity index (χ1v) is 4.57. The maximum atomic E-state index is 12.4. The molecule has 14 heavy (non-hydrogen) atoms. The number of rotatable bonds is 5. The average molecular weight is 198 g/mol. The van der Waals surface area contributed by atoms with Gasteiger partial charge >= 0.3 is 0 Å². The minimum absolute atomic E-state index is 0.481. The molecule has 1 heterocycles. The highest BCUT2D eigenvalue weighted by atomic mass is 19.1. The van der Waals surface area contributed by atoms with Gasteiger partial charge in [-0.1, -0.05) is 0 Å². The summed E-state index contributed by atoms with van der Waals surface area (Å²) in [6.07, 6.45) is 2.34. The summed E-state index contributed by atoms with van der Waals surface area (Å²) in [6.45, 7) is 1.61. The Hall–Kier alpha value is -1.16. The minimum Gasteiger partial charge on any atom is -0.492 e. The number of pyridine rings is 1. The molecule has 0 saturated carbocycles. The monoisotopic (exact) mass is 198 g/mol. The molecule has 0 aromatic carbocycles. The summed E-state index contributed by atoms with van der Waals surface area (Å²) in [7, 11) is 4.03. The van der Waals surface area contributed by atoms with Crippen molar-refractivity contribution in [3.05, 3.63) is 24.3 Å². The van der Waals surface area contributed by atoms with Crippen LogP contribution < -0.4 is 4.74 Å². The molecule has 78 valence electrons. The molecule has 0 amide bonds. The molecule has 0 atom stereocenters.